The van der Waals surface area contributed by atoms with Gasteiger partial charge in [-0.3, -0.25) is 9.59 Å². The van der Waals surface area contributed by atoms with Crippen molar-refractivity contribution >= 4 is 27.8 Å². The molecule has 2 N–H and O–H groups in total. The largest absolute Gasteiger partial charge is 0.484 e. The highest BCUT2D eigenvalue weighted by molar-refractivity contribution is 9.10. The normalized spacial score (nSPS) is 11.7. The average molecular weight is 346 g/mol. The zero-order chi connectivity index (χ0) is 15.0. The first kappa shape index (κ1) is 16.5. The molecule has 1 atom stereocenters. The Morgan fingerprint density at radius 3 is 2.55 bits per heavy atom. The van der Waals surface area contributed by atoms with Gasteiger partial charge in [0.15, 0.2) is 6.61 Å². The summed E-state index contributed by atoms with van der Waals surface area (Å²) in [5.41, 5.74) is 0. The zero-order valence-electron chi connectivity index (χ0n) is 11.0. The molecule has 0 radical (unpaired) electrons. The number of carbonyl (C=O) groups is 2. The van der Waals surface area contributed by atoms with Crippen LogP contribution in [0.1, 0.15) is 6.42 Å². The van der Waals surface area contributed by atoms with Gasteiger partial charge in [-0.25, -0.2) is 0 Å². The first-order valence-corrected chi connectivity index (χ1v) is 6.70. The van der Waals surface area contributed by atoms with Gasteiger partial charge in [-0.15, -0.1) is 0 Å². The van der Waals surface area contributed by atoms with Gasteiger partial charge in [0.25, 0.3) is 5.91 Å². The number of amides is 1. The number of hydrogen-bond donors (Lipinski definition) is 2. The minimum absolute atomic E-state index is 0.130. The molecule has 0 saturated carbocycles. The summed E-state index contributed by atoms with van der Waals surface area (Å²) < 4.78 is 11.1. The summed E-state index contributed by atoms with van der Waals surface area (Å²) in [7, 11) is 1.40. The SMILES string of the molecule is COC(CNC(=O)COc1ccc(Br)cc1)CC(=O)O. The van der Waals surface area contributed by atoms with E-state index in [2.05, 4.69) is 21.2 Å². The molecule has 0 saturated heterocycles. The summed E-state index contributed by atoms with van der Waals surface area (Å²) in [6, 6.07) is 7.08. The number of halogens is 1. The predicted octanol–water partition coefficient (Wildman–Crippen LogP) is 1.43. The molecule has 110 valence electrons. The Bertz CT molecular complexity index is 449. The van der Waals surface area contributed by atoms with Crippen LogP contribution in [0.15, 0.2) is 28.7 Å². The maximum atomic E-state index is 11.5. The molecule has 0 aliphatic rings. The molecule has 6 nitrogen and oxygen atoms in total. The lowest BCUT2D eigenvalue weighted by atomic mass is 10.2. The number of ether oxygens (including phenoxy) is 2. The number of carboxylic acids is 1. The van der Waals surface area contributed by atoms with Crippen molar-refractivity contribution in [3.05, 3.63) is 28.7 Å². The number of aliphatic carboxylic acids is 1. The molecule has 0 spiro atoms. The Kier molecular flexibility index (Phi) is 7.03. The number of carboxylic acid groups (broad SMARTS) is 1. The van der Waals surface area contributed by atoms with Gasteiger partial charge in [-0.05, 0) is 24.3 Å². The van der Waals surface area contributed by atoms with Crippen LogP contribution in [0.3, 0.4) is 0 Å². The summed E-state index contributed by atoms with van der Waals surface area (Å²) in [5.74, 6) is -0.727. The van der Waals surface area contributed by atoms with E-state index in [1.54, 1.807) is 24.3 Å². The second-order valence-corrected chi connectivity index (χ2v) is 4.92. The first-order chi connectivity index (χ1) is 9.51. The molecular weight excluding hydrogens is 330 g/mol. The highest BCUT2D eigenvalue weighted by Gasteiger charge is 2.13. The van der Waals surface area contributed by atoms with Crippen molar-refractivity contribution < 1.29 is 24.2 Å². The van der Waals surface area contributed by atoms with Crippen molar-refractivity contribution in [3.63, 3.8) is 0 Å². The van der Waals surface area contributed by atoms with Gasteiger partial charge in [0.2, 0.25) is 0 Å². The van der Waals surface area contributed by atoms with Crippen LogP contribution in [0.5, 0.6) is 5.75 Å². The van der Waals surface area contributed by atoms with Crippen LogP contribution in [0.25, 0.3) is 0 Å². The fourth-order valence-electron chi connectivity index (χ4n) is 1.39. The predicted molar refractivity (Wildman–Crippen MR) is 75.7 cm³/mol. The molecule has 7 heteroatoms. The van der Waals surface area contributed by atoms with Crippen molar-refractivity contribution in [1.82, 2.24) is 5.32 Å². The van der Waals surface area contributed by atoms with Gasteiger partial charge < -0.3 is 19.9 Å². The second-order valence-electron chi connectivity index (χ2n) is 4.00. The monoisotopic (exact) mass is 345 g/mol. The second kappa shape index (κ2) is 8.55. The fourth-order valence-corrected chi connectivity index (χ4v) is 1.66. The molecule has 0 heterocycles. The van der Waals surface area contributed by atoms with Crippen LogP contribution in [0.4, 0.5) is 0 Å². The Hall–Kier alpha value is -1.60. The van der Waals surface area contributed by atoms with Gasteiger partial charge >= 0.3 is 5.97 Å². The number of benzene rings is 1. The minimum Gasteiger partial charge on any atom is -0.484 e. The number of rotatable bonds is 8. The van der Waals surface area contributed by atoms with Crippen LogP contribution in [-0.2, 0) is 14.3 Å². The molecule has 0 bridgehead atoms. The van der Waals surface area contributed by atoms with E-state index < -0.39 is 12.1 Å². The van der Waals surface area contributed by atoms with E-state index in [-0.39, 0.29) is 25.5 Å². The van der Waals surface area contributed by atoms with Crippen LogP contribution < -0.4 is 10.1 Å². The zero-order valence-corrected chi connectivity index (χ0v) is 12.6. The smallest absolute Gasteiger partial charge is 0.306 e. The molecule has 1 aromatic carbocycles. The van der Waals surface area contributed by atoms with Crippen molar-refractivity contribution in [1.29, 1.82) is 0 Å². The summed E-state index contributed by atoms with van der Waals surface area (Å²) >= 11 is 3.30. The van der Waals surface area contributed by atoms with Gasteiger partial charge in [-0.2, -0.15) is 0 Å². The van der Waals surface area contributed by atoms with E-state index in [1.165, 1.54) is 7.11 Å². The molecule has 0 fully saturated rings. The number of carbonyl (C=O) groups excluding carboxylic acids is 1. The Labute approximate surface area is 125 Å². The van der Waals surface area contributed by atoms with Gasteiger partial charge in [-0.1, -0.05) is 15.9 Å². The van der Waals surface area contributed by atoms with Crippen molar-refractivity contribution in [2.24, 2.45) is 0 Å². The Morgan fingerprint density at radius 2 is 2.00 bits per heavy atom. The van der Waals surface area contributed by atoms with E-state index in [1.807, 2.05) is 0 Å². The fraction of sp³-hybridized carbons (Fsp3) is 0.385. The van der Waals surface area contributed by atoms with Gasteiger partial charge in [0, 0.05) is 18.1 Å². The molecule has 1 rings (SSSR count). The molecule has 0 aromatic heterocycles. The minimum atomic E-state index is -0.975. The maximum Gasteiger partial charge on any atom is 0.306 e. The first-order valence-electron chi connectivity index (χ1n) is 5.91. The van der Waals surface area contributed by atoms with Gasteiger partial charge in [0.1, 0.15) is 5.75 Å². The molecule has 0 aliphatic heterocycles. The number of hydrogen-bond acceptors (Lipinski definition) is 4. The van der Waals surface area contributed by atoms with E-state index >= 15 is 0 Å². The standard InChI is InChI=1S/C13H16BrNO5/c1-19-11(6-13(17)18)7-15-12(16)8-20-10-4-2-9(14)3-5-10/h2-5,11H,6-8H2,1H3,(H,15,16)(H,17,18). The lowest BCUT2D eigenvalue weighted by Crippen LogP contribution is -2.37. The Morgan fingerprint density at radius 1 is 1.35 bits per heavy atom. The van der Waals surface area contributed by atoms with E-state index in [0.29, 0.717) is 5.75 Å². The summed E-state index contributed by atoms with van der Waals surface area (Å²) in [6.07, 6.45) is -0.714. The molecular formula is C13H16BrNO5. The number of nitrogens with one attached hydrogen (secondary N) is 1. The van der Waals surface area contributed by atoms with E-state index in [0.717, 1.165) is 4.47 Å². The highest BCUT2D eigenvalue weighted by Crippen LogP contribution is 2.15. The molecule has 1 unspecified atom stereocenters. The van der Waals surface area contributed by atoms with Crippen LogP contribution >= 0.6 is 15.9 Å². The van der Waals surface area contributed by atoms with Crippen molar-refractivity contribution in [2.75, 3.05) is 20.3 Å². The summed E-state index contributed by atoms with van der Waals surface area (Å²) in [5, 5.41) is 11.2. The number of methoxy groups -OCH3 is 1. The average Bonchev–Trinajstić information content (AvgIpc) is 2.42. The molecule has 1 amide bonds. The third kappa shape index (κ3) is 6.53. The third-order valence-electron chi connectivity index (χ3n) is 2.45. The Balaban J connectivity index is 2.29. The lowest BCUT2D eigenvalue weighted by Gasteiger charge is -2.14. The summed E-state index contributed by atoms with van der Waals surface area (Å²) in [4.78, 5) is 22.1. The lowest BCUT2D eigenvalue weighted by molar-refractivity contribution is -0.140. The molecule has 1 aromatic rings. The van der Waals surface area contributed by atoms with Crippen molar-refractivity contribution in [3.8, 4) is 5.75 Å². The highest BCUT2D eigenvalue weighted by atomic mass is 79.9. The van der Waals surface area contributed by atoms with Crippen LogP contribution in [-0.4, -0.2) is 43.3 Å². The van der Waals surface area contributed by atoms with Crippen LogP contribution in [0.2, 0.25) is 0 Å². The summed E-state index contributed by atoms with van der Waals surface area (Å²) in [6.45, 7) is -0.00350. The molecule has 20 heavy (non-hydrogen) atoms. The van der Waals surface area contributed by atoms with Gasteiger partial charge in [0.05, 0.1) is 12.5 Å². The van der Waals surface area contributed by atoms with E-state index in [4.69, 9.17) is 14.6 Å². The topological polar surface area (TPSA) is 84.9 Å². The quantitative estimate of drug-likeness (QED) is 0.744. The maximum absolute atomic E-state index is 11.5. The van der Waals surface area contributed by atoms with Crippen molar-refractivity contribution in [2.45, 2.75) is 12.5 Å². The third-order valence-corrected chi connectivity index (χ3v) is 2.97. The van der Waals surface area contributed by atoms with E-state index in [9.17, 15) is 9.59 Å². The molecule has 0 aliphatic carbocycles. The van der Waals surface area contributed by atoms with Crippen LogP contribution in [0, 0.1) is 0 Å².